The van der Waals surface area contributed by atoms with E-state index in [1.54, 1.807) is 0 Å². The molecule has 0 aromatic heterocycles. The second-order valence-corrected chi connectivity index (χ2v) is 7.69. The normalized spacial score (nSPS) is 13.2. The summed E-state index contributed by atoms with van der Waals surface area (Å²) in [6.45, 7) is 6.26. The van der Waals surface area contributed by atoms with Gasteiger partial charge in [0.25, 0.3) is 0 Å². The van der Waals surface area contributed by atoms with Gasteiger partial charge >= 0.3 is 0 Å². The Morgan fingerprint density at radius 1 is 1.24 bits per heavy atom. The Bertz CT molecular complexity index is 562. The van der Waals surface area contributed by atoms with E-state index in [1.165, 1.54) is 0 Å². The van der Waals surface area contributed by atoms with Crippen molar-refractivity contribution in [1.82, 2.24) is 10.0 Å². The Hall–Kier alpha value is -1.60. The molecule has 0 aliphatic rings. The first kappa shape index (κ1) is 17.5. The summed E-state index contributed by atoms with van der Waals surface area (Å²) in [6, 6.07) is 9.36. The number of sulfonamides is 1. The maximum atomic E-state index is 11.8. The monoisotopic (exact) mass is 312 g/mol. The topological polar surface area (TPSA) is 96.6 Å². The van der Waals surface area contributed by atoms with Gasteiger partial charge in [0.2, 0.25) is 10.0 Å². The van der Waals surface area contributed by atoms with Crippen molar-refractivity contribution in [2.24, 2.45) is 10.7 Å². The highest BCUT2D eigenvalue weighted by molar-refractivity contribution is 7.89. The Morgan fingerprint density at radius 3 is 2.43 bits per heavy atom. The van der Waals surface area contributed by atoms with Gasteiger partial charge in [-0.25, -0.2) is 13.1 Å². The minimum Gasteiger partial charge on any atom is -0.370 e. The number of benzene rings is 1. The van der Waals surface area contributed by atoms with Crippen molar-refractivity contribution in [3.63, 3.8) is 0 Å². The Labute approximate surface area is 126 Å². The van der Waals surface area contributed by atoms with Crippen molar-refractivity contribution in [3.05, 3.63) is 35.9 Å². The Morgan fingerprint density at radius 2 is 1.86 bits per heavy atom. The van der Waals surface area contributed by atoms with Crippen molar-refractivity contribution in [2.45, 2.75) is 32.9 Å². The van der Waals surface area contributed by atoms with Crippen LogP contribution >= 0.6 is 0 Å². The summed E-state index contributed by atoms with van der Waals surface area (Å²) in [7, 11) is -3.36. The number of nitrogens with zero attached hydrogens (tertiary/aromatic N) is 1. The SMILES string of the molecule is CC(C)(C)NC(N)=NCCS(=O)(=O)NCc1ccccc1. The van der Waals surface area contributed by atoms with Crippen molar-refractivity contribution in [1.29, 1.82) is 0 Å². The molecule has 1 rings (SSSR count). The molecule has 1 aromatic carbocycles. The third-order valence-electron chi connectivity index (χ3n) is 2.48. The first-order valence-electron chi connectivity index (χ1n) is 6.77. The van der Waals surface area contributed by atoms with Gasteiger partial charge in [-0.05, 0) is 26.3 Å². The molecular formula is C14H24N4O2S. The van der Waals surface area contributed by atoms with Crippen LogP contribution in [0.5, 0.6) is 0 Å². The molecule has 0 amide bonds. The van der Waals surface area contributed by atoms with Crippen LogP contribution < -0.4 is 15.8 Å². The maximum Gasteiger partial charge on any atom is 0.213 e. The molecule has 1 aromatic rings. The number of guanidine groups is 1. The fraction of sp³-hybridized carbons (Fsp3) is 0.500. The van der Waals surface area contributed by atoms with Crippen LogP contribution in [0.25, 0.3) is 0 Å². The summed E-state index contributed by atoms with van der Waals surface area (Å²) in [5.41, 5.74) is 6.40. The molecule has 0 unspecified atom stereocenters. The number of hydrogen-bond donors (Lipinski definition) is 3. The molecule has 118 valence electrons. The molecule has 7 heteroatoms. The second-order valence-electron chi connectivity index (χ2n) is 5.77. The van der Waals surface area contributed by atoms with Gasteiger partial charge in [-0.15, -0.1) is 0 Å². The van der Waals surface area contributed by atoms with Crippen molar-refractivity contribution >= 4 is 16.0 Å². The average molecular weight is 312 g/mol. The van der Waals surface area contributed by atoms with Gasteiger partial charge in [-0.1, -0.05) is 30.3 Å². The van der Waals surface area contributed by atoms with E-state index in [4.69, 9.17) is 5.73 Å². The lowest BCUT2D eigenvalue weighted by molar-refractivity contribution is 0.508. The minimum atomic E-state index is -3.36. The molecule has 0 aliphatic carbocycles. The summed E-state index contributed by atoms with van der Waals surface area (Å²) in [4.78, 5) is 4.01. The molecule has 21 heavy (non-hydrogen) atoms. The highest BCUT2D eigenvalue weighted by atomic mass is 32.2. The van der Waals surface area contributed by atoms with E-state index < -0.39 is 10.0 Å². The second kappa shape index (κ2) is 7.42. The summed E-state index contributed by atoms with van der Waals surface area (Å²) < 4.78 is 26.2. The largest absolute Gasteiger partial charge is 0.370 e. The zero-order valence-electron chi connectivity index (χ0n) is 12.8. The lowest BCUT2D eigenvalue weighted by atomic mass is 10.1. The number of aliphatic imine (C=N–C) groups is 1. The van der Waals surface area contributed by atoms with Gasteiger partial charge < -0.3 is 11.1 Å². The molecule has 0 heterocycles. The zero-order valence-corrected chi connectivity index (χ0v) is 13.6. The first-order valence-corrected chi connectivity index (χ1v) is 8.42. The molecule has 6 nitrogen and oxygen atoms in total. The highest BCUT2D eigenvalue weighted by Crippen LogP contribution is 1.99. The van der Waals surface area contributed by atoms with Crippen molar-refractivity contribution in [2.75, 3.05) is 12.3 Å². The molecule has 0 saturated carbocycles. The van der Waals surface area contributed by atoms with Crippen LogP contribution in [-0.4, -0.2) is 32.2 Å². The number of nitrogens with two attached hydrogens (primary N) is 1. The van der Waals surface area contributed by atoms with E-state index in [9.17, 15) is 8.42 Å². The van der Waals surface area contributed by atoms with Crippen LogP contribution in [-0.2, 0) is 16.6 Å². The molecule has 0 spiro atoms. The van der Waals surface area contributed by atoms with Gasteiger partial charge in [-0.3, -0.25) is 4.99 Å². The van der Waals surface area contributed by atoms with Crippen LogP contribution in [0.3, 0.4) is 0 Å². The van der Waals surface area contributed by atoms with Crippen LogP contribution in [0.2, 0.25) is 0 Å². The molecule has 0 atom stereocenters. The zero-order chi connectivity index (χ0) is 15.9. The third-order valence-corrected chi connectivity index (χ3v) is 3.79. The van der Waals surface area contributed by atoms with Gasteiger partial charge in [0.1, 0.15) is 0 Å². The Kier molecular flexibility index (Phi) is 6.17. The average Bonchev–Trinajstić information content (AvgIpc) is 2.35. The summed E-state index contributed by atoms with van der Waals surface area (Å²) in [5, 5.41) is 2.98. The lowest BCUT2D eigenvalue weighted by Crippen LogP contribution is -2.45. The van der Waals surface area contributed by atoms with E-state index in [0.29, 0.717) is 0 Å². The quantitative estimate of drug-likeness (QED) is 0.535. The lowest BCUT2D eigenvalue weighted by Gasteiger charge is -2.20. The predicted octanol–water partition coefficient (Wildman–Crippen LogP) is 0.809. The van der Waals surface area contributed by atoms with Gasteiger partial charge in [0.15, 0.2) is 5.96 Å². The molecular weight excluding hydrogens is 288 g/mol. The summed E-state index contributed by atoms with van der Waals surface area (Å²) in [6.07, 6.45) is 0. The van der Waals surface area contributed by atoms with Crippen molar-refractivity contribution in [3.8, 4) is 0 Å². The van der Waals surface area contributed by atoms with Crippen LogP contribution in [0, 0.1) is 0 Å². The number of nitrogens with one attached hydrogen (secondary N) is 2. The fourth-order valence-electron chi connectivity index (χ4n) is 1.57. The molecule has 0 saturated heterocycles. The van der Waals surface area contributed by atoms with E-state index in [2.05, 4.69) is 15.0 Å². The highest BCUT2D eigenvalue weighted by Gasteiger charge is 2.11. The third kappa shape index (κ3) is 8.31. The van der Waals surface area contributed by atoms with Crippen LogP contribution in [0.15, 0.2) is 35.3 Å². The van der Waals surface area contributed by atoms with E-state index in [1.807, 2.05) is 51.1 Å². The molecule has 0 fully saturated rings. The maximum absolute atomic E-state index is 11.8. The molecule has 0 bridgehead atoms. The fourth-order valence-corrected chi connectivity index (χ4v) is 2.43. The van der Waals surface area contributed by atoms with E-state index in [0.717, 1.165) is 5.56 Å². The van der Waals surface area contributed by atoms with Gasteiger partial charge in [0, 0.05) is 12.1 Å². The first-order chi connectivity index (χ1) is 9.68. The predicted molar refractivity (Wildman–Crippen MR) is 86.4 cm³/mol. The Balaban J connectivity index is 2.41. The smallest absolute Gasteiger partial charge is 0.213 e. The van der Waals surface area contributed by atoms with Crippen LogP contribution in [0.4, 0.5) is 0 Å². The van der Waals surface area contributed by atoms with Crippen LogP contribution in [0.1, 0.15) is 26.3 Å². The number of hydrogen-bond acceptors (Lipinski definition) is 3. The van der Waals surface area contributed by atoms with Gasteiger partial charge in [0.05, 0.1) is 12.3 Å². The molecule has 4 N–H and O–H groups in total. The van der Waals surface area contributed by atoms with Crippen molar-refractivity contribution < 1.29 is 8.42 Å². The standard InChI is InChI=1S/C14H24N4O2S/c1-14(2,3)18-13(15)16-9-10-21(19,20)17-11-12-7-5-4-6-8-12/h4-8,17H,9-11H2,1-3H3,(H3,15,16,18). The molecule has 0 aliphatic heterocycles. The van der Waals surface area contributed by atoms with E-state index >= 15 is 0 Å². The number of rotatable bonds is 6. The summed E-state index contributed by atoms with van der Waals surface area (Å²) in [5.74, 6) is 0.160. The van der Waals surface area contributed by atoms with E-state index in [-0.39, 0.29) is 30.3 Å². The van der Waals surface area contributed by atoms with Gasteiger partial charge in [-0.2, -0.15) is 0 Å². The minimum absolute atomic E-state index is 0.0909. The summed E-state index contributed by atoms with van der Waals surface area (Å²) >= 11 is 0. The molecule has 0 radical (unpaired) electrons.